The van der Waals surface area contributed by atoms with Gasteiger partial charge in [-0.1, -0.05) is 6.08 Å². The summed E-state index contributed by atoms with van der Waals surface area (Å²) in [5.41, 5.74) is 11.3. The molecule has 0 bridgehead atoms. The molecule has 0 radical (unpaired) electrons. The van der Waals surface area contributed by atoms with Gasteiger partial charge in [-0.15, -0.1) is 6.58 Å². The van der Waals surface area contributed by atoms with Crippen molar-refractivity contribution in [1.82, 2.24) is 0 Å². The van der Waals surface area contributed by atoms with Gasteiger partial charge in [0.1, 0.15) is 0 Å². The lowest BCUT2D eigenvalue weighted by atomic mass is 10.1. The molecule has 2 atom stereocenters. The standard InChI is InChI=1S/C7H14N2/c1-2-5-3-6(8)7(9)4-5/h2,5-7H,1,3-4,8-9H2. The van der Waals surface area contributed by atoms with Crippen molar-refractivity contribution in [3.8, 4) is 0 Å². The van der Waals surface area contributed by atoms with E-state index in [1.165, 1.54) is 0 Å². The van der Waals surface area contributed by atoms with Crippen molar-refractivity contribution in [1.29, 1.82) is 0 Å². The average molecular weight is 126 g/mol. The lowest BCUT2D eigenvalue weighted by molar-refractivity contribution is 0.603. The van der Waals surface area contributed by atoms with Crippen LogP contribution in [0, 0.1) is 5.92 Å². The summed E-state index contributed by atoms with van der Waals surface area (Å²) in [6.45, 7) is 3.70. The molecule has 0 aromatic rings. The first-order valence-corrected chi connectivity index (χ1v) is 3.37. The normalized spacial score (nSPS) is 43.1. The van der Waals surface area contributed by atoms with Crippen LogP contribution in [0.3, 0.4) is 0 Å². The quantitative estimate of drug-likeness (QED) is 0.494. The first-order valence-electron chi connectivity index (χ1n) is 3.37. The average Bonchev–Trinajstić information content (AvgIpc) is 2.13. The first-order chi connectivity index (χ1) is 4.24. The van der Waals surface area contributed by atoms with E-state index in [9.17, 15) is 0 Å². The highest BCUT2D eigenvalue weighted by Crippen LogP contribution is 2.23. The summed E-state index contributed by atoms with van der Waals surface area (Å²) in [5.74, 6) is 0.565. The van der Waals surface area contributed by atoms with Crippen molar-refractivity contribution >= 4 is 0 Å². The van der Waals surface area contributed by atoms with Gasteiger partial charge in [0, 0.05) is 12.1 Å². The van der Waals surface area contributed by atoms with Gasteiger partial charge in [0.25, 0.3) is 0 Å². The highest BCUT2D eigenvalue weighted by molar-refractivity contribution is 4.95. The molecule has 0 heterocycles. The molecule has 52 valence electrons. The Bertz CT molecular complexity index is 101. The summed E-state index contributed by atoms with van der Waals surface area (Å²) in [6, 6.07) is 0.404. The van der Waals surface area contributed by atoms with Gasteiger partial charge in [-0.25, -0.2) is 0 Å². The van der Waals surface area contributed by atoms with Crippen LogP contribution < -0.4 is 11.5 Å². The van der Waals surface area contributed by atoms with E-state index in [1.54, 1.807) is 0 Å². The minimum Gasteiger partial charge on any atom is -0.326 e. The molecule has 9 heavy (non-hydrogen) atoms. The van der Waals surface area contributed by atoms with Gasteiger partial charge in [0.2, 0.25) is 0 Å². The molecule has 1 aliphatic rings. The predicted octanol–water partition coefficient (Wildman–Crippen LogP) is 0.237. The molecule has 0 amide bonds. The Morgan fingerprint density at radius 2 is 1.67 bits per heavy atom. The van der Waals surface area contributed by atoms with Crippen LogP contribution in [-0.2, 0) is 0 Å². The van der Waals surface area contributed by atoms with E-state index >= 15 is 0 Å². The zero-order chi connectivity index (χ0) is 6.85. The molecular formula is C7H14N2. The maximum atomic E-state index is 5.67. The molecule has 1 aliphatic carbocycles. The van der Waals surface area contributed by atoms with E-state index in [2.05, 4.69) is 6.58 Å². The van der Waals surface area contributed by atoms with Crippen LogP contribution in [0.5, 0.6) is 0 Å². The summed E-state index contributed by atoms with van der Waals surface area (Å²) < 4.78 is 0. The molecule has 0 aliphatic heterocycles. The molecule has 1 fully saturated rings. The van der Waals surface area contributed by atoms with Crippen LogP contribution in [0.1, 0.15) is 12.8 Å². The van der Waals surface area contributed by atoms with Crippen LogP contribution in [0.2, 0.25) is 0 Å². The second-order valence-corrected chi connectivity index (χ2v) is 2.79. The van der Waals surface area contributed by atoms with Gasteiger partial charge < -0.3 is 11.5 Å². The highest BCUT2D eigenvalue weighted by Gasteiger charge is 2.26. The largest absolute Gasteiger partial charge is 0.326 e. The fraction of sp³-hybridized carbons (Fsp3) is 0.714. The van der Waals surface area contributed by atoms with Crippen LogP contribution >= 0.6 is 0 Å². The summed E-state index contributed by atoms with van der Waals surface area (Å²) in [6.07, 6.45) is 3.99. The Morgan fingerprint density at radius 1 is 1.22 bits per heavy atom. The minimum absolute atomic E-state index is 0.202. The zero-order valence-corrected chi connectivity index (χ0v) is 5.59. The maximum Gasteiger partial charge on any atom is 0.0198 e. The van der Waals surface area contributed by atoms with Gasteiger partial charge in [-0.05, 0) is 18.8 Å². The molecule has 1 rings (SSSR count). The molecule has 0 aromatic carbocycles. The van der Waals surface area contributed by atoms with E-state index in [0.29, 0.717) is 5.92 Å². The zero-order valence-electron chi connectivity index (χ0n) is 5.59. The van der Waals surface area contributed by atoms with E-state index in [1.807, 2.05) is 6.08 Å². The van der Waals surface area contributed by atoms with Crippen LogP contribution in [0.25, 0.3) is 0 Å². The second-order valence-electron chi connectivity index (χ2n) is 2.79. The SMILES string of the molecule is C=CC1CC(N)C(N)C1. The van der Waals surface area contributed by atoms with Gasteiger partial charge in [-0.3, -0.25) is 0 Å². The van der Waals surface area contributed by atoms with Crippen molar-refractivity contribution in [2.45, 2.75) is 24.9 Å². The summed E-state index contributed by atoms with van der Waals surface area (Å²) in [4.78, 5) is 0. The third-order valence-corrected chi connectivity index (χ3v) is 2.03. The second kappa shape index (κ2) is 2.50. The third-order valence-electron chi connectivity index (χ3n) is 2.03. The van der Waals surface area contributed by atoms with Crippen molar-refractivity contribution < 1.29 is 0 Å². The van der Waals surface area contributed by atoms with Gasteiger partial charge in [-0.2, -0.15) is 0 Å². The Kier molecular flexibility index (Phi) is 1.88. The lowest BCUT2D eigenvalue weighted by Gasteiger charge is -2.05. The number of hydrogen-bond acceptors (Lipinski definition) is 2. The number of allylic oxidation sites excluding steroid dienone is 1. The van der Waals surface area contributed by atoms with Crippen molar-refractivity contribution in [3.63, 3.8) is 0 Å². The minimum atomic E-state index is 0.202. The van der Waals surface area contributed by atoms with Crippen molar-refractivity contribution in [2.75, 3.05) is 0 Å². The van der Waals surface area contributed by atoms with E-state index in [-0.39, 0.29) is 12.1 Å². The topological polar surface area (TPSA) is 52.0 Å². The summed E-state index contributed by atoms with van der Waals surface area (Å²) in [7, 11) is 0. The third kappa shape index (κ3) is 1.32. The molecule has 0 aromatic heterocycles. The molecule has 0 saturated heterocycles. The van der Waals surface area contributed by atoms with Crippen molar-refractivity contribution in [3.05, 3.63) is 12.7 Å². The van der Waals surface area contributed by atoms with E-state index in [0.717, 1.165) is 12.8 Å². The van der Waals surface area contributed by atoms with Crippen LogP contribution in [0.4, 0.5) is 0 Å². The Morgan fingerprint density at radius 3 is 1.89 bits per heavy atom. The molecule has 2 nitrogen and oxygen atoms in total. The van der Waals surface area contributed by atoms with Crippen LogP contribution in [-0.4, -0.2) is 12.1 Å². The molecule has 4 N–H and O–H groups in total. The molecule has 0 spiro atoms. The summed E-state index contributed by atoms with van der Waals surface area (Å²) in [5, 5.41) is 0. The number of hydrogen-bond donors (Lipinski definition) is 2. The fourth-order valence-electron chi connectivity index (χ4n) is 1.34. The Balaban J connectivity index is 2.43. The molecule has 1 saturated carbocycles. The Labute approximate surface area is 55.9 Å². The number of rotatable bonds is 1. The van der Waals surface area contributed by atoms with Gasteiger partial charge >= 0.3 is 0 Å². The van der Waals surface area contributed by atoms with E-state index in [4.69, 9.17) is 11.5 Å². The molecule has 2 unspecified atom stereocenters. The summed E-state index contributed by atoms with van der Waals surface area (Å²) >= 11 is 0. The first kappa shape index (κ1) is 6.78. The monoisotopic (exact) mass is 126 g/mol. The van der Waals surface area contributed by atoms with Gasteiger partial charge in [0.15, 0.2) is 0 Å². The van der Waals surface area contributed by atoms with Crippen LogP contribution in [0.15, 0.2) is 12.7 Å². The smallest absolute Gasteiger partial charge is 0.0198 e. The highest BCUT2D eigenvalue weighted by atomic mass is 14.8. The lowest BCUT2D eigenvalue weighted by Crippen LogP contribution is -2.35. The maximum absolute atomic E-state index is 5.67. The van der Waals surface area contributed by atoms with Gasteiger partial charge in [0.05, 0.1) is 0 Å². The Hall–Kier alpha value is -0.340. The fourth-order valence-corrected chi connectivity index (χ4v) is 1.34. The van der Waals surface area contributed by atoms with Crippen molar-refractivity contribution in [2.24, 2.45) is 17.4 Å². The molecule has 2 heteroatoms. The number of nitrogens with two attached hydrogens (primary N) is 2. The molecular weight excluding hydrogens is 112 g/mol. The van der Waals surface area contributed by atoms with E-state index < -0.39 is 0 Å². The predicted molar refractivity (Wildman–Crippen MR) is 38.9 cm³/mol.